The number of benzene rings is 1. The molecule has 0 fully saturated rings. The summed E-state index contributed by atoms with van der Waals surface area (Å²) < 4.78 is 22.6. The number of halogens is 1. The van der Waals surface area contributed by atoms with E-state index in [0.717, 1.165) is 12.1 Å². The van der Waals surface area contributed by atoms with Crippen molar-refractivity contribution in [2.24, 2.45) is 0 Å². The summed E-state index contributed by atoms with van der Waals surface area (Å²) in [5, 5.41) is 12.9. The average Bonchev–Trinajstić information content (AvgIpc) is 2.41. The summed E-state index contributed by atoms with van der Waals surface area (Å²) in [6.45, 7) is 1.38. The third kappa shape index (κ3) is 4.57. The van der Waals surface area contributed by atoms with Crippen molar-refractivity contribution in [2.45, 2.75) is 6.92 Å². The van der Waals surface area contributed by atoms with Crippen LogP contribution in [0.2, 0.25) is 5.02 Å². The molecule has 0 heterocycles. The minimum absolute atomic E-state index is 0.0341. The smallest absolute Gasteiger partial charge is 0.271 e. The second-order valence-electron chi connectivity index (χ2n) is 4.14. The van der Waals surface area contributed by atoms with Crippen LogP contribution in [-0.4, -0.2) is 37.3 Å². The summed E-state index contributed by atoms with van der Waals surface area (Å²) >= 11 is 5.73. The number of carbonyl (C=O) groups excluding carboxylic acids is 1. The normalized spacial score (nSPS) is 11.1. The summed E-state index contributed by atoms with van der Waals surface area (Å²) in [6, 6.07) is 2.03. The Kier molecular flexibility index (Phi) is 5.50. The first-order valence-electron chi connectivity index (χ1n) is 5.90. The quantitative estimate of drug-likeness (QED) is 0.452. The Labute approximate surface area is 126 Å². The highest BCUT2D eigenvalue weighted by Gasteiger charge is 2.19. The van der Waals surface area contributed by atoms with Crippen LogP contribution in [-0.2, 0) is 9.84 Å². The third-order valence-electron chi connectivity index (χ3n) is 2.71. The number of nitrogens with zero attached hydrogens (tertiary/aromatic N) is 1. The number of nitrogens with two attached hydrogens (primary N) is 1. The lowest BCUT2D eigenvalue weighted by Gasteiger charge is -2.08. The molecule has 21 heavy (non-hydrogen) atoms. The van der Waals surface area contributed by atoms with Crippen LogP contribution in [0.15, 0.2) is 12.1 Å². The number of anilines is 1. The lowest BCUT2D eigenvalue weighted by molar-refractivity contribution is -0.384. The zero-order chi connectivity index (χ0) is 16.2. The molecule has 0 saturated carbocycles. The number of hydrogen-bond acceptors (Lipinski definition) is 6. The zero-order valence-electron chi connectivity index (χ0n) is 11.1. The molecular formula is C11H14ClN3O5S. The van der Waals surface area contributed by atoms with E-state index in [1.54, 1.807) is 0 Å². The van der Waals surface area contributed by atoms with Gasteiger partial charge in [-0.05, 0) is 0 Å². The molecule has 1 aromatic carbocycles. The fourth-order valence-corrected chi connectivity index (χ4v) is 2.37. The van der Waals surface area contributed by atoms with Crippen LogP contribution in [0.1, 0.15) is 17.3 Å². The average molecular weight is 336 g/mol. The molecule has 3 N–H and O–H groups in total. The van der Waals surface area contributed by atoms with Gasteiger partial charge in [0.15, 0.2) is 9.84 Å². The molecule has 0 aromatic heterocycles. The molecular weight excluding hydrogens is 322 g/mol. The molecule has 0 bridgehead atoms. The highest BCUT2D eigenvalue weighted by atomic mass is 35.5. The van der Waals surface area contributed by atoms with E-state index in [1.165, 1.54) is 6.92 Å². The fourth-order valence-electron chi connectivity index (χ4n) is 1.46. The predicted molar refractivity (Wildman–Crippen MR) is 79.2 cm³/mol. The van der Waals surface area contributed by atoms with Crippen LogP contribution in [0.3, 0.4) is 0 Å². The molecule has 1 aromatic rings. The van der Waals surface area contributed by atoms with Crippen LogP contribution in [0, 0.1) is 10.1 Å². The lowest BCUT2D eigenvalue weighted by atomic mass is 10.1. The number of nitro groups is 1. The van der Waals surface area contributed by atoms with Crippen molar-refractivity contribution in [3.8, 4) is 0 Å². The van der Waals surface area contributed by atoms with Gasteiger partial charge in [-0.1, -0.05) is 18.5 Å². The van der Waals surface area contributed by atoms with Gasteiger partial charge in [0.25, 0.3) is 11.6 Å². The molecule has 0 radical (unpaired) electrons. The molecule has 0 aliphatic carbocycles. The van der Waals surface area contributed by atoms with E-state index in [9.17, 15) is 23.3 Å². The van der Waals surface area contributed by atoms with Crippen molar-refractivity contribution in [1.82, 2.24) is 5.32 Å². The Balaban J connectivity index is 2.90. The second kappa shape index (κ2) is 6.72. The molecule has 0 spiro atoms. The Morgan fingerprint density at radius 2 is 2.10 bits per heavy atom. The van der Waals surface area contributed by atoms with Gasteiger partial charge in [0, 0.05) is 24.4 Å². The molecule has 10 heteroatoms. The molecule has 0 saturated heterocycles. The van der Waals surface area contributed by atoms with Gasteiger partial charge in [-0.15, -0.1) is 0 Å². The zero-order valence-corrected chi connectivity index (χ0v) is 12.7. The van der Waals surface area contributed by atoms with Gasteiger partial charge in [-0.2, -0.15) is 0 Å². The van der Waals surface area contributed by atoms with Gasteiger partial charge >= 0.3 is 0 Å². The number of nitrogens with one attached hydrogen (secondary N) is 1. The molecule has 0 atom stereocenters. The van der Waals surface area contributed by atoms with Crippen molar-refractivity contribution < 1.29 is 18.1 Å². The number of hydrogen-bond donors (Lipinski definition) is 2. The first kappa shape index (κ1) is 17.2. The van der Waals surface area contributed by atoms with Crippen LogP contribution in [0.4, 0.5) is 11.4 Å². The molecule has 0 aliphatic heterocycles. The molecule has 116 valence electrons. The molecule has 8 nitrogen and oxygen atoms in total. The van der Waals surface area contributed by atoms with E-state index >= 15 is 0 Å². The SMILES string of the molecule is CCS(=O)(=O)CCNC(=O)c1cc([N+](=O)[O-])cc(Cl)c1N. The summed E-state index contributed by atoms with van der Waals surface area (Å²) in [5.41, 5.74) is 4.97. The summed E-state index contributed by atoms with van der Waals surface area (Å²) in [6.07, 6.45) is 0. The van der Waals surface area contributed by atoms with Crippen molar-refractivity contribution >= 4 is 38.7 Å². The van der Waals surface area contributed by atoms with Gasteiger partial charge in [-0.25, -0.2) is 8.42 Å². The van der Waals surface area contributed by atoms with E-state index in [0.29, 0.717) is 0 Å². The first-order chi connectivity index (χ1) is 9.68. The van der Waals surface area contributed by atoms with Gasteiger partial charge in [0.05, 0.1) is 26.9 Å². The van der Waals surface area contributed by atoms with Gasteiger partial charge < -0.3 is 11.1 Å². The molecule has 1 rings (SSSR count). The van der Waals surface area contributed by atoms with Gasteiger partial charge in [-0.3, -0.25) is 14.9 Å². The van der Waals surface area contributed by atoms with E-state index in [4.69, 9.17) is 17.3 Å². The Morgan fingerprint density at radius 3 is 2.62 bits per heavy atom. The maximum absolute atomic E-state index is 11.9. The fraction of sp³-hybridized carbons (Fsp3) is 0.364. The summed E-state index contributed by atoms with van der Waals surface area (Å²) in [5.74, 6) is -0.977. The lowest BCUT2D eigenvalue weighted by Crippen LogP contribution is -2.30. The second-order valence-corrected chi connectivity index (χ2v) is 7.02. The van der Waals surface area contributed by atoms with Crippen LogP contribution in [0.25, 0.3) is 0 Å². The standard InChI is InChI=1S/C11H14ClN3O5S/c1-2-21(19,20)4-3-14-11(16)8-5-7(15(17)18)6-9(12)10(8)13/h5-6H,2-4,13H2,1H3,(H,14,16). The van der Waals surface area contributed by atoms with Crippen LogP contribution < -0.4 is 11.1 Å². The Bertz CT molecular complexity index is 675. The van der Waals surface area contributed by atoms with Crippen molar-refractivity contribution in [3.05, 3.63) is 32.8 Å². The maximum atomic E-state index is 11.9. The van der Waals surface area contributed by atoms with Crippen molar-refractivity contribution in [2.75, 3.05) is 23.8 Å². The number of rotatable bonds is 6. The van der Waals surface area contributed by atoms with E-state index in [-0.39, 0.29) is 40.0 Å². The minimum atomic E-state index is -3.22. The van der Waals surface area contributed by atoms with Gasteiger partial charge in [0.2, 0.25) is 0 Å². The van der Waals surface area contributed by atoms with Crippen molar-refractivity contribution in [3.63, 3.8) is 0 Å². The van der Waals surface area contributed by atoms with Gasteiger partial charge in [0.1, 0.15) is 0 Å². The largest absolute Gasteiger partial charge is 0.397 e. The third-order valence-corrected chi connectivity index (χ3v) is 4.73. The summed E-state index contributed by atoms with van der Waals surface area (Å²) in [4.78, 5) is 21.9. The first-order valence-corrected chi connectivity index (χ1v) is 8.10. The molecule has 0 aliphatic rings. The topological polar surface area (TPSA) is 132 Å². The number of non-ortho nitro benzene ring substituents is 1. The van der Waals surface area contributed by atoms with E-state index in [2.05, 4.69) is 5.32 Å². The summed E-state index contributed by atoms with van der Waals surface area (Å²) in [7, 11) is -3.22. The highest BCUT2D eigenvalue weighted by Crippen LogP contribution is 2.28. The monoisotopic (exact) mass is 335 g/mol. The van der Waals surface area contributed by atoms with Crippen molar-refractivity contribution in [1.29, 1.82) is 0 Å². The van der Waals surface area contributed by atoms with Crippen LogP contribution in [0.5, 0.6) is 0 Å². The number of carbonyl (C=O) groups is 1. The van der Waals surface area contributed by atoms with E-state index in [1.807, 2.05) is 0 Å². The number of nitrogen functional groups attached to an aromatic ring is 1. The van der Waals surface area contributed by atoms with E-state index < -0.39 is 20.7 Å². The number of sulfone groups is 1. The minimum Gasteiger partial charge on any atom is -0.397 e. The molecule has 1 amide bonds. The number of amides is 1. The highest BCUT2D eigenvalue weighted by molar-refractivity contribution is 7.91. The predicted octanol–water partition coefficient (Wildman–Crippen LogP) is 0.995. The molecule has 0 unspecified atom stereocenters. The maximum Gasteiger partial charge on any atom is 0.271 e. The van der Waals surface area contributed by atoms with Crippen LogP contribution >= 0.6 is 11.6 Å². The number of nitro benzene ring substituents is 1. The Morgan fingerprint density at radius 1 is 1.48 bits per heavy atom. The Hall–Kier alpha value is -1.87.